The number of anilines is 1. The summed E-state index contributed by atoms with van der Waals surface area (Å²) in [5, 5.41) is 11.9. The summed E-state index contributed by atoms with van der Waals surface area (Å²) >= 11 is 1.39. The van der Waals surface area contributed by atoms with Crippen molar-refractivity contribution in [2.75, 3.05) is 11.9 Å². The van der Waals surface area contributed by atoms with E-state index in [2.05, 4.69) is 15.5 Å². The van der Waals surface area contributed by atoms with Crippen molar-refractivity contribution in [2.45, 2.75) is 70.0 Å². The third-order valence-electron chi connectivity index (χ3n) is 5.08. The van der Waals surface area contributed by atoms with Crippen LogP contribution in [0.3, 0.4) is 0 Å². The third kappa shape index (κ3) is 5.59. The number of hydrogen-bond donors (Lipinski definition) is 1. The Balaban J connectivity index is 1.65. The molecular formula is C21H29N5O2S. The highest BCUT2D eigenvalue weighted by molar-refractivity contribution is 8.00. The van der Waals surface area contributed by atoms with Crippen LogP contribution in [-0.4, -0.2) is 43.3 Å². The van der Waals surface area contributed by atoms with Crippen LogP contribution in [-0.2, 0) is 22.7 Å². The summed E-state index contributed by atoms with van der Waals surface area (Å²) in [7, 11) is 0. The molecule has 2 amide bonds. The minimum atomic E-state index is -0.321. The van der Waals surface area contributed by atoms with Gasteiger partial charge in [-0.25, -0.2) is 0 Å². The van der Waals surface area contributed by atoms with Gasteiger partial charge < -0.3 is 14.8 Å². The van der Waals surface area contributed by atoms with E-state index in [9.17, 15) is 9.59 Å². The van der Waals surface area contributed by atoms with Gasteiger partial charge in [-0.2, -0.15) is 0 Å². The van der Waals surface area contributed by atoms with Crippen LogP contribution in [0.15, 0.2) is 29.4 Å². The van der Waals surface area contributed by atoms with Gasteiger partial charge in [0.1, 0.15) is 0 Å². The molecule has 0 spiro atoms. The van der Waals surface area contributed by atoms with Crippen LogP contribution < -0.4 is 5.32 Å². The Morgan fingerprint density at radius 1 is 1.21 bits per heavy atom. The number of carbonyl (C=O) groups is 2. The van der Waals surface area contributed by atoms with E-state index in [1.807, 2.05) is 54.5 Å². The van der Waals surface area contributed by atoms with Crippen molar-refractivity contribution in [3.8, 4) is 0 Å². The molecule has 1 fully saturated rings. The molecule has 2 aromatic rings. The average molecular weight is 416 g/mol. The molecule has 1 aromatic heterocycles. The van der Waals surface area contributed by atoms with Gasteiger partial charge in [0.15, 0.2) is 11.0 Å². The van der Waals surface area contributed by atoms with Gasteiger partial charge in [-0.05, 0) is 45.7 Å². The van der Waals surface area contributed by atoms with Crippen LogP contribution >= 0.6 is 11.8 Å². The highest BCUT2D eigenvalue weighted by atomic mass is 32.2. The maximum atomic E-state index is 12.6. The summed E-state index contributed by atoms with van der Waals surface area (Å²) in [6.07, 6.45) is 3.70. The lowest BCUT2D eigenvalue weighted by Crippen LogP contribution is -2.31. The molecule has 1 saturated heterocycles. The van der Waals surface area contributed by atoms with Crippen molar-refractivity contribution in [1.29, 1.82) is 0 Å². The number of carbonyl (C=O) groups excluding carboxylic acids is 2. The van der Waals surface area contributed by atoms with Gasteiger partial charge in [0.25, 0.3) is 0 Å². The summed E-state index contributed by atoms with van der Waals surface area (Å²) in [6, 6.07) is 7.74. The summed E-state index contributed by atoms with van der Waals surface area (Å²) in [5.74, 6) is 0.887. The van der Waals surface area contributed by atoms with Crippen LogP contribution in [0.5, 0.6) is 0 Å². The number of hydrogen-bond acceptors (Lipinski definition) is 5. The van der Waals surface area contributed by atoms with Crippen LogP contribution in [0, 0.1) is 6.92 Å². The monoisotopic (exact) mass is 415 g/mol. The van der Waals surface area contributed by atoms with Crippen molar-refractivity contribution in [3.63, 3.8) is 0 Å². The fraction of sp³-hybridized carbons (Fsp3) is 0.524. The second-order valence-corrected chi connectivity index (χ2v) is 8.69. The summed E-state index contributed by atoms with van der Waals surface area (Å²) in [4.78, 5) is 26.7. The largest absolute Gasteiger partial charge is 0.335 e. The number of rotatable bonds is 7. The normalized spacial score (nSPS) is 15.8. The van der Waals surface area contributed by atoms with Crippen LogP contribution in [0.25, 0.3) is 0 Å². The Labute approximate surface area is 176 Å². The maximum Gasteiger partial charge on any atom is 0.237 e. The first-order chi connectivity index (χ1) is 14.0. The van der Waals surface area contributed by atoms with Crippen molar-refractivity contribution in [1.82, 2.24) is 19.7 Å². The SMILES string of the molecule is CCn1c(CN2CCCCCC2=O)nnc1S[C@H](C)C(=O)Nc1ccc(C)cc1. The van der Waals surface area contributed by atoms with E-state index < -0.39 is 0 Å². The molecule has 1 aromatic carbocycles. The molecule has 0 saturated carbocycles. The standard InChI is InChI=1S/C21H29N5O2S/c1-4-26-18(14-25-13-7-5-6-8-19(25)27)23-24-21(26)29-16(3)20(28)22-17-11-9-15(2)10-12-17/h9-12,16H,4-8,13-14H2,1-3H3,(H,22,28)/t16-/m1/s1. The van der Waals surface area contributed by atoms with Gasteiger partial charge in [0, 0.05) is 25.2 Å². The van der Waals surface area contributed by atoms with Gasteiger partial charge in [0.2, 0.25) is 11.8 Å². The molecule has 3 rings (SSSR count). The van der Waals surface area contributed by atoms with Gasteiger partial charge in [-0.1, -0.05) is 35.9 Å². The summed E-state index contributed by atoms with van der Waals surface area (Å²) < 4.78 is 2.00. The molecule has 2 heterocycles. The van der Waals surface area contributed by atoms with Crippen molar-refractivity contribution < 1.29 is 9.59 Å². The molecule has 0 bridgehead atoms. The van der Waals surface area contributed by atoms with E-state index in [0.29, 0.717) is 24.7 Å². The van der Waals surface area contributed by atoms with Gasteiger partial charge in [0.05, 0.1) is 11.8 Å². The molecular weight excluding hydrogens is 386 g/mol. The smallest absolute Gasteiger partial charge is 0.237 e. The minimum absolute atomic E-state index is 0.0752. The molecule has 0 aliphatic carbocycles. The number of amides is 2. The maximum absolute atomic E-state index is 12.6. The Bertz CT molecular complexity index is 849. The molecule has 29 heavy (non-hydrogen) atoms. The highest BCUT2D eigenvalue weighted by Crippen LogP contribution is 2.24. The van der Waals surface area contributed by atoms with Crippen molar-refractivity contribution in [3.05, 3.63) is 35.7 Å². The zero-order chi connectivity index (χ0) is 20.8. The van der Waals surface area contributed by atoms with E-state index in [1.54, 1.807) is 0 Å². The number of thioether (sulfide) groups is 1. The van der Waals surface area contributed by atoms with Gasteiger partial charge in [-0.15, -0.1) is 10.2 Å². The van der Waals surface area contributed by atoms with Gasteiger partial charge in [-0.3, -0.25) is 9.59 Å². The molecule has 1 N–H and O–H groups in total. The Morgan fingerprint density at radius 3 is 2.69 bits per heavy atom. The van der Waals surface area contributed by atoms with E-state index in [4.69, 9.17) is 0 Å². The van der Waals surface area contributed by atoms with E-state index in [1.165, 1.54) is 11.8 Å². The first-order valence-corrected chi connectivity index (χ1v) is 11.1. The molecule has 8 heteroatoms. The topological polar surface area (TPSA) is 80.1 Å². The molecule has 0 unspecified atom stereocenters. The summed E-state index contributed by atoms with van der Waals surface area (Å²) in [6.45, 7) is 7.84. The quantitative estimate of drug-likeness (QED) is 0.699. The number of nitrogens with one attached hydrogen (secondary N) is 1. The van der Waals surface area contributed by atoms with Crippen LogP contribution in [0.2, 0.25) is 0 Å². The second kappa shape index (κ2) is 9.91. The van der Waals surface area contributed by atoms with E-state index >= 15 is 0 Å². The second-order valence-electron chi connectivity index (χ2n) is 7.38. The number of benzene rings is 1. The predicted octanol–water partition coefficient (Wildman–Crippen LogP) is 3.63. The molecule has 1 aliphatic rings. The number of likely N-dealkylation sites (tertiary alicyclic amines) is 1. The minimum Gasteiger partial charge on any atom is -0.335 e. The molecule has 7 nitrogen and oxygen atoms in total. The average Bonchev–Trinajstić information content (AvgIpc) is 2.96. The highest BCUT2D eigenvalue weighted by Gasteiger charge is 2.23. The van der Waals surface area contributed by atoms with Crippen LogP contribution in [0.1, 0.15) is 50.9 Å². The van der Waals surface area contributed by atoms with E-state index in [-0.39, 0.29) is 17.1 Å². The number of nitrogens with zero attached hydrogens (tertiary/aromatic N) is 4. The molecule has 1 aliphatic heterocycles. The van der Waals surface area contributed by atoms with Crippen LogP contribution in [0.4, 0.5) is 5.69 Å². The predicted molar refractivity (Wildman–Crippen MR) is 115 cm³/mol. The number of aryl methyl sites for hydroxylation is 1. The Kier molecular flexibility index (Phi) is 7.30. The Hall–Kier alpha value is -2.35. The fourth-order valence-corrected chi connectivity index (χ4v) is 4.24. The molecule has 156 valence electrons. The first kappa shape index (κ1) is 21.4. The zero-order valence-electron chi connectivity index (χ0n) is 17.4. The lowest BCUT2D eigenvalue weighted by atomic mass is 10.2. The third-order valence-corrected chi connectivity index (χ3v) is 6.16. The van der Waals surface area contributed by atoms with E-state index in [0.717, 1.165) is 42.9 Å². The molecule has 0 radical (unpaired) electrons. The lowest BCUT2D eigenvalue weighted by molar-refractivity contribution is -0.131. The number of aromatic nitrogens is 3. The van der Waals surface area contributed by atoms with Gasteiger partial charge >= 0.3 is 0 Å². The Morgan fingerprint density at radius 2 is 1.97 bits per heavy atom. The summed E-state index contributed by atoms with van der Waals surface area (Å²) in [5.41, 5.74) is 1.93. The van der Waals surface area contributed by atoms with Crippen molar-refractivity contribution in [2.24, 2.45) is 0 Å². The fourth-order valence-electron chi connectivity index (χ4n) is 3.31. The zero-order valence-corrected chi connectivity index (χ0v) is 18.2. The lowest BCUT2D eigenvalue weighted by Gasteiger charge is -2.20. The first-order valence-electron chi connectivity index (χ1n) is 10.2. The molecule has 1 atom stereocenters. The van der Waals surface area contributed by atoms with Crippen molar-refractivity contribution >= 4 is 29.3 Å².